The largest absolute Gasteiger partial charge is 0.427 e. The number of benzene rings is 1. The molecular weight excluding hydrogens is 568 g/mol. The average Bonchev–Trinajstić information content (AvgIpc) is 3.05. The quantitative estimate of drug-likeness (QED) is 0.0496. The molecule has 0 aliphatic rings. The molecule has 0 amide bonds. The van der Waals surface area contributed by atoms with Gasteiger partial charge in [-0.15, -0.1) is 0 Å². The van der Waals surface area contributed by atoms with Crippen LogP contribution in [0.3, 0.4) is 0 Å². The van der Waals surface area contributed by atoms with Gasteiger partial charge in [0.1, 0.15) is 11.5 Å². The van der Waals surface area contributed by atoms with Gasteiger partial charge in [0.25, 0.3) is 0 Å². The van der Waals surface area contributed by atoms with Gasteiger partial charge >= 0.3 is 11.9 Å². The molecule has 250 valence electrons. The highest BCUT2D eigenvalue weighted by molar-refractivity contribution is 5.73. The molecule has 0 N–H and O–H groups in total. The fourth-order valence-electron chi connectivity index (χ4n) is 4.67. The zero-order chi connectivity index (χ0) is 33.2. The lowest BCUT2D eigenvalue weighted by Gasteiger charge is -2.07. The van der Waals surface area contributed by atoms with Crippen LogP contribution < -0.4 is 9.47 Å². The normalized spacial score (nSPS) is 9.78. The number of carbonyl (C=O) groups excluding carboxylic acids is 2. The first kappa shape index (κ1) is 40.4. The summed E-state index contributed by atoms with van der Waals surface area (Å²) >= 11 is 0. The highest BCUT2D eigenvalue weighted by atomic mass is 16.5. The van der Waals surface area contributed by atoms with E-state index in [4.69, 9.17) is 9.47 Å². The summed E-state index contributed by atoms with van der Waals surface area (Å²) < 4.78 is 10.9. The van der Waals surface area contributed by atoms with E-state index in [1.165, 1.54) is 38.5 Å². The summed E-state index contributed by atoms with van der Waals surface area (Å²) in [6.45, 7) is 4.39. The van der Waals surface area contributed by atoms with Crippen LogP contribution in [0.15, 0.2) is 24.3 Å². The molecule has 0 aliphatic heterocycles. The predicted octanol–water partition coefficient (Wildman–Crippen LogP) is 10.9. The summed E-state index contributed by atoms with van der Waals surface area (Å²) in [7, 11) is 0. The smallest absolute Gasteiger partial charge is 0.311 e. The number of esters is 2. The molecule has 0 bridgehead atoms. The van der Waals surface area contributed by atoms with Crippen molar-refractivity contribution in [2.45, 2.75) is 168 Å². The summed E-state index contributed by atoms with van der Waals surface area (Å²) in [6, 6.07) is 6.69. The Hall–Kier alpha value is -3.60. The summed E-state index contributed by atoms with van der Waals surface area (Å²) in [5.74, 6) is 24.8. The molecule has 0 saturated carbocycles. The summed E-state index contributed by atoms with van der Waals surface area (Å²) in [5, 5.41) is 0. The third-order valence-corrected chi connectivity index (χ3v) is 7.44. The fraction of sp³-hybridized carbons (Fsp3) is 0.619. The molecule has 1 aromatic carbocycles. The lowest BCUT2D eigenvalue weighted by atomic mass is 10.1. The van der Waals surface area contributed by atoms with Crippen molar-refractivity contribution in [2.24, 2.45) is 0 Å². The van der Waals surface area contributed by atoms with Crippen molar-refractivity contribution >= 4 is 11.9 Å². The Labute approximate surface area is 281 Å². The Kier molecular flexibility index (Phi) is 27.6. The third-order valence-electron chi connectivity index (χ3n) is 7.44. The van der Waals surface area contributed by atoms with Gasteiger partial charge in [-0.1, -0.05) is 115 Å². The molecule has 0 heterocycles. The number of unbranched alkanes of at least 4 members (excludes halogenated alkanes) is 18. The van der Waals surface area contributed by atoms with E-state index in [1.807, 2.05) is 0 Å². The van der Waals surface area contributed by atoms with E-state index in [0.717, 1.165) is 103 Å². The first-order valence-corrected chi connectivity index (χ1v) is 18.1. The highest BCUT2D eigenvalue weighted by Crippen LogP contribution is 2.19. The van der Waals surface area contributed by atoms with Crippen LogP contribution in [0.1, 0.15) is 168 Å². The Bertz CT molecular complexity index is 1090. The highest BCUT2D eigenvalue weighted by Gasteiger charge is 2.08. The lowest BCUT2D eigenvalue weighted by Crippen LogP contribution is -2.09. The minimum atomic E-state index is -0.230. The van der Waals surface area contributed by atoms with Crippen molar-refractivity contribution in [3.05, 3.63) is 24.3 Å². The average molecular weight is 627 g/mol. The standard InChI is InChI=1S/C42H58O4/c1-3-5-7-9-11-13-15-17-19-21-23-25-27-29-31-33-41(43)45-39-35-37-40(38-36-39)46-42(44)34-32-30-28-26-24-22-20-18-16-14-12-10-8-6-4-2/h35-38H,3-10,19-34H2,1-2H3. The second kappa shape index (κ2) is 31.4. The van der Waals surface area contributed by atoms with E-state index in [-0.39, 0.29) is 11.9 Å². The van der Waals surface area contributed by atoms with E-state index in [2.05, 4.69) is 61.2 Å². The first-order chi connectivity index (χ1) is 22.7. The van der Waals surface area contributed by atoms with Crippen molar-refractivity contribution in [1.29, 1.82) is 0 Å². The minimum absolute atomic E-state index is 0.230. The van der Waals surface area contributed by atoms with Gasteiger partial charge in [-0.05, 0) is 86.5 Å². The van der Waals surface area contributed by atoms with Gasteiger partial charge in [0.2, 0.25) is 0 Å². The fourth-order valence-corrected chi connectivity index (χ4v) is 4.67. The topological polar surface area (TPSA) is 52.6 Å². The molecule has 1 aromatic rings. The molecular formula is C42H58O4. The minimum Gasteiger partial charge on any atom is -0.427 e. The Morgan fingerprint density at radius 3 is 1.04 bits per heavy atom. The Balaban J connectivity index is 2.02. The molecule has 0 spiro atoms. The van der Waals surface area contributed by atoms with E-state index < -0.39 is 0 Å². The first-order valence-electron chi connectivity index (χ1n) is 18.1. The number of carbonyl (C=O) groups is 2. The molecule has 4 heteroatoms. The summed E-state index contributed by atoms with van der Waals surface area (Å²) in [4.78, 5) is 24.4. The molecule has 4 nitrogen and oxygen atoms in total. The summed E-state index contributed by atoms with van der Waals surface area (Å²) in [5.41, 5.74) is 0. The van der Waals surface area contributed by atoms with Crippen LogP contribution in [0.25, 0.3) is 0 Å². The maximum atomic E-state index is 12.2. The zero-order valence-corrected chi connectivity index (χ0v) is 28.9. The molecule has 46 heavy (non-hydrogen) atoms. The van der Waals surface area contributed by atoms with Crippen LogP contribution in [0, 0.1) is 47.4 Å². The Morgan fingerprint density at radius 1 is 0.435 bits per heavy atom. The molecule has 1 rings (SSSR count). The van der Waals surface area contributed by atoms with E-state index in [9.17, 15) is 9.59 Å². The Morgan fingerprint density at radius 2 is 0.717 bits per heavy atom. The van der Waals surface area contributed by atoms with Crippen LogP contribution >= 0.6 is 0 Å². The van der Waals surface area contributed by atoms with Crippen LogP contribution in [0.4, 0.5) is 0 Å². The monoisotopic (exact) mass is 626 g/mol. The van der Waals surface area contributed by atoms with Crippen molar-refractivity contribution in [3.8, 4) is 58.9 Å². The van der Waals surface area contributed by atoms with Crippen molar-refractivity contribution < 1.29 is 19.1 Å². The van der Waals surface area contributed by atoms with Crippen molar-refractivity contribution in [2.75, 3.05) is 0 Å². The lowest BCUT2D eigenvalue weighted by molar-refractivity contribution is -0.135. The van der Waals surface area contributed by atoms with Gasteiger partial charge in [0.15, 0.2) is 0 Å². The van der Waals surface area contributed by atoms with Crippen LogP contribution in [0.5, 0.6) is 11.5 Å². The second-order valence-electron chi connectivity index (χ2n) is 11.8. The van der Waals surface area contributed by atoms with Gasteiger partial charge < -0.3 is 9.47 Å². The SMILES string of the molecule is CCCCCC#CC#CCCCCCCCCC(=O)Oc1ccc(OC(=O)CCCCCCCCC#CC#CCCCCC)cc1. The molecule has 0 aliphatic carbocycles. The number of hydrogen-bond acceptors (Lipinski definition) is 4. The molecule has 0 unspecified atom stereocenters. The molecule has 0 saturated heterocycles. The van der Waals surface area contributed by atoms with Gasteiger partial charge in [-0.2, -0.15) is 0 Å². The van der Waals surface area contributed by atoms with E-state index in [0.29, 0.717) is 24.3 Å². The van der Waals surface area contributed by atoms with Crippen molar-refractivity contribution in [3.63, 3.8) is 0 Å². The van der Waals surface area contributed by atoms with E-state index in [1.54, 1.807) is 24.3 Å². The molecule has 0 atom stereocenters. The number of rotatable bonds is 24. The van der Waals surface area contributed by atoms with Crippen LogP contribution in [0.2, 0.25) is 0 Å². The second-order valence-corrected chi connectivity index (χ2v) is 11.8. The third kappa shape index (κ3) is 26.8. The molecule has 0 radical (unpaired) electrons. The van der Waals surface area contributed by atoms with Crippen LogP contribution in [-0.4, -0.2) is 11.9 Å². The zero-order valence-electron chi connectivity index (χ0n) is 28.9. The van der Waals surface area contributed by atoms with Gasteiger partial charge in [-0.3, -0.25) is 9.59 Å². The van der Waals surface area contributed by atoms with Crippen molar-refractivity contribution in [1.82, 2.24) is 0 Å². The molecule has 0 aromatic heterocycles. The predicted molar refractivity (Wildman–Crippen MR) is 191 cm³/mol. The van der Waals surface area contributed by atoms with E-state index >= 15 is 0 Å². The number of ether oxygens (including phenoxy) is 2. The molecule has 0 fully saturated rings. The van der Waals surface area contributed by atoms with Gasteiger partial charge in [-0.25, -0.2) is 0 Å². The summed E-state index contributed by atoms with van der Waals surface area (Å²) in [6.07, 6.45) is 24.6. The number of hydrogen-bond donors (Lipinski definition) is 0. The van der Waals surface area contributed by atoms with Gasteiger partial charge in [0, 0.05) is 38.5 Å². The van der Waals surface area contributed by atoms with Gasteiger partial charge in [0.05, 0.1) is 0 Å². The maximum absolute atomic E-state index is 12.2. The maximum Gasteiger partial charge on any atom is 0.311 e. The van der Waals surface area contributed by atoms with Crippen LogP contribution in [-0.2, 0) is 9.59 Å².